The van der Waals surface area contributed by atoms with Crippen LogP contribution in [-0.4, -0.2) is 57.2 Å². The average Bonchev–Trinajstić information content (AvgIpc) is 3.16. The molecular formula is C22H29NO5S2. The van der Waals surface area contributed by atoms with Gasteiger partial charge in [-0.3, -0.25) is 14.4 Å². The number of ether oxygens (including phenoxy) is 1. The number of carbonyl (C=O) groups is 4. The maximum atomic E-state index is 13.1. The van der Waals surface area contributed by atoms with E-state index >= 15 is 0 Å². The molecule has 1 heterocycles. The second-order valence-corrected chi connectivity index (χ2v) is 10.5. The molecule has 0 radical (unpaired) electrons. The predicted molar refractivity (Wildman–Crippen MR) is 121 cm³/mol. The van der Waals surface area contributed by atoms with E-state index in [1.807, 2.05) is 12.1 Å². The van der Waals surface area contributed by atoms with Gasteiger partial charge in [0.05, 0.1) is 17.7 Å². The highest BCUT2D eigenvalue weighted by Crippen LogP contribution is 2.28. The lowest BCUT2D eigenvalue weighted by molar-refractivity contribution is -0.152. The number of benzene rings is 1. The summed E-state index contributed by atoms with van der Waals surface area (Å²) in [6, 6.07) is 6.66. The Kier molecular flexibility index (Phi) is 8.55. The fourth-order valence-corrected chi connectivity index (χ4v) is 5.12. The van der Waals surface area contributed by atoms with Crippen LogP contribution < -0.4 is 0 Å². The van der Waals surface area contributed by atoms with Crippen LogP contribution in [0.15, 0.2) is 24.3 Å². The molecule has 8 heteroatoms. The van der Waals surface area contributed by atoms with Gasteiger partial charge in [-0.15, -0.1) is 11.8 Å². The van der Waals surface area contributed by atoms with Gasteiger partial charge in [-0.05, 0) is 17.9 Å². The zero-order valence-electron chi connectivity index (χ0n) is 18.1. The van der Waals surface area contributed by atoms with E-state index in [1.54, 1.807) is 19.1 Å². The van der Waals surface area contributed by atoms with Crippen molar-refractivity contribution < 1.29 is 23.9 Å². The number of nitrogens with zero attached hydrogens (tertiary/aromatic N) is 1. The lowest BCUT2D eigenvalue weighted by atomic mass is 9.86. The van der Waals surface area contributed by atoms with Crippen molar-refractivity contribution >= 4 is 46.3 Å². The number of Topliss-reactive ketones (excluding diaryl/α,β-unsaturated/α-hetero) is 1. The number of hydrogen-bond acceptors (Lipinski definition) is 7. The number of hydrogen-bond donors (Lipinski definition) is 0. The van der Waals surface area contributed by atoms with Crippen LogP contribution in [0.2, 0.25) is 0 Å². The van der Waals surface area contributed by atoms with Crippen LogP contribution in [0.4, 0.5) is 0 Å². The Labute approximate surface area is 186 Å². The molecule has 0 bridgehead atoms. The summed E-state index contributed by atoms with van der Waals surface area (Å²) in [6.45, 7) is 9.60. The van der Waals surface area contributed by atoms with Gasteiger partial charge in [0.15, 0.2) is 10.9 Å². The molecule has 0 aromatic heterocycles. The van der Waals surface area contributed by atoms with E-state index in [1.165, 1.54) is 23.6 Å². The van der Waals surface area contributed by atoms with E-state index in [-0.39, 0.29) is 35.2 Å². The Hall–Kier alpha value is -1.80. The first-order valence-corrected chi connectivity index (χ1v) is 11.9. The standard InChI is InChI=1S/C22H29NO5S2/c1-6-28-21(27)17-12-29-13-23(17)20(26)19(30-14(2)24)11-18(25)15-7-9-16(10-8-15)22(3,4)5/h7-10,17,19H,6,11-13H2,1-5H3/t17-,19?/m0/s1. The number of rotatable bonds is 7. The molecule has 0 saturated carbocycles. The van der Waals surface area contributed by atoms with E-state index in [9.17, 15) is 19.2 Å². The summed E-state index contributed by atoms with van der Waals surface area (Å²) in [4.78, 5) is 51.3. The molecule has 2 rings (SSSR count). The van der Waals surface area contributed by atoms with Gasteiger partial charge in [-0.2, -0.15) is 0 Å². The number of ketones is 1. The molecular weight excluding hydrogens is 422 g/mol. The molecule has 1 unspecified atom stereocenters. The Morgan fingerprint density at radius 1 is 1.20 bits per heavy atom. The van der Waals surface area contributed by atoms with Crippen molar-refractivity contribution in [2.24, 2.45) is 0 Å². The highest BCUT2D eigenvalue weighted by molar-refractivity contribution is 8.14. The highest BCUT2D eigenvalue weighted by Gasteiger charge is 2.39. The maximum Gasteiger partial charge on any atom is 0.329 e. The van der Waals surface area contributed by atoms with Crippen LogP contribution in [0, 0.1) is 0 Å². The van der Waals surface area contributed by atoms with Gasteiger partial charge >= 0.3 is 5.97 Å². The van der Waals surface area contributed by atoms with E-state index in [4.69, 9.17) is 4.74 Å². The molecule has 30 heavy (non-hydrogen) atoms. The van der Waals surface area contributed by atoms with Crippen molar-refractivity contribution in [1.82, 2.24) is 4.90 Å². The van der Waals surface area contributed by atoms with Crippen molar-refractivity contribution in [2.45, 2.75) is 57.7 Å². The van der Waals surface area contributed by atoms with E-state index in [0.717, 1.165) is 17.3 Å². The van der Waals surface area contributed by atoms with E-state index < -0.39 is 17.3 Å². The normalized spacial score (nSPS) is 17.5. The Bertz CT molecular complexity index is 801. The molecule has 1 amide bonds. The third-order valence-corrected chi connectivity index (χ3v) is 6.75. The van der Waals surface area contributed by atoms with Crippen molar-refractivity contribution in [3.05, 3.63) is 35.4 Å². The minimum atomic E-state index is -0.868. The van der Waals surface area contributed by atoms with Gasteiger partial charge in [0, 0.05) is 24.7 Å². The molecule has 1 aromatic carbocycles. The third-order valence-electron chi connectivity index (χ3n) is 4.75. The van der Waals surface area contributed by atoms with Gasteiger partial charge < -0.3 is 9.64 Å². The van der Waals surface area contributed by atoms with Gasteiger partial charge in [0.1, 0.15) is 6.04 Å². The minimum Gasteiger partial charge on any atom is -0.464 e. The molecule has 1 aromatic rings. The topological polar surface area (TPSA) is 80.8 Å². The minimum absolute atomic E-state index is 0.0277. The zero-order valence-corrected chi connectivity index (χ0v) is 19.7. The SMILES string of the molecule is CCOC(=O)[C@@H]1CSCN1C(=O)C(CC(=O)c1ccc(C(C)(C)C)cc1)SC(C)=O. The third kappa shape index (κ3) is 6.35. The summed E-state index contributed by atoms with van der Waals surface area (Å²) in [5, 5.41) is -1.11. The summed E-state index contributed by atoms with van der Waals surface area (Å²) in [6.07, 6.45) is -0.103. The molecule has 1 aliphatic rings. The van der Waals surface area contributed by atoms with E-state index in [2.05, 4.69) is 20.8 Å². The second-order valence-electron chi connectivity index (χ2n) is 8.13. The first-order chi connectivity index (χ1) is 14.0. The molecule has 0 aliphatic carbocycles. The average molecular weight is 452 g/mol. The molecule has 1 aliphatic heterocycles. The Morgan fingerprint density at radius 2 is 1.83 bits per heavy atom. The molecule has 1 saturated heterocycles. The largest absolute Gasteiger partial charge is 0.464 e. The second kappa shape index (κ2) is 10.5. The summed E-state index contributed by atoms with van der Waals surface area (Å²) in [5.74, 6) is -0.248. The molecule has 0 N–H and O–H groups in total. The number of thioether (sulfide) groups is 2. The summed E-state index contributed by atoms with van der Waals surface area (Å²) in [7, 11) is 0. The molecule has 1 fully saturated rings. The van der Waals surface area contributed by atoms with Crippen LogP contribution >= 0.6 is 23.5 Å². The Balaban J connectivity index is 2.17. The number of amides is 1. The first kappa shape index (κ1) is 24.5. The fourth-order valence-electron chi connectivity index (χ4n) is 3.10. The van der Waals surface area contributed by atoms with Crippen molar-refractivity contribution in [1.29, 1.82) is 0 Å². The number of carbonyl (C=O) groups excluding carboxylic acids is 4. The highest BCUT2D eigenvalue weighted by atomic mass is 32.2. The predicted octanol–water partition coefficient (Wildman–Crippen LogP) is 3.67. The van der Waals surface area contributed by atoms with Gasteiger partial charge in [0.25, 0.3) is 0 Å². The maximum absolute atomic E-state index is 13.1. The quantitative estimate of drug-likeness (QED) is 0.462. The molecule has 2 atom stereocenters. The summed E-state index contributed by atoms with van der Waals surface area (Å²) < 4.78 is 5.07. The van der Waals surface area contributed by atoms with Crippen molar-refractivity contribution in [3.8, 4) is 0 Å². The lowest BCUT2D eigenvalue weighted by Crippen LogP contribution is -2.47. The molecule has 164 valence electrons. The molecule has 0 spiro atoms. The van der Waals surface area contributed by atoms with Crippen LogP contribution in [0.3, 0.4) is 0 Å². The molecule has 6 nitrogen and oxygen atoms in total. The fraction of sp³-hybridized carbons (Fsp3) is 0.545. The lowest BCUT2D eigenvalue weighted by Gasteiger charge is -2.26. The van der Waals surface area contributed by atoms with Crippen LogP contribution in [0.1, 0.15) is 57.0 Å². The number of esters is 1. The smallest absolute Gasteiger partial charge is 0.329 e. The van der Waals surface area contributed by atoms with Crippen molar-refractivity contribution in [2.75, 3.05) is 18.2 Å². The zero-order chi connectivity index (χ0) is 22.5. The van der Waals surface area contributed by atoms with E-state index in [0.29, 0.717) is 17.2 Å². The first-order valence-electron chi connectivity index (χ1n) is 9.90. The van der Waals surface area contributed by atoms with Crippen molar-refractivity contribution in [3.63, 3.8) is 0 Å². The van der Waals surface area contributed by atoms with Gasteiger partial charge in [-0.25, -0.2) is 4.79 Å². The Morgan fingerprint density at radius 3 is 2.37 bits per heavy atom. The van der Waals surface area contributed by atoms with Gasteiger partial charge in [-0.1, -0.05) is 56.8 Å². The van der Waals surface area contributed by atoms with Crippen LogP contribution in [0.5, 0.6) is 0 Å². The summed E-state index contributed by atoms with van der Waals surface area (Å²) >= 11 is 2.29. The van der Waals surface area contributed by atoms with Crippen LogP contribution in [-0.2, 0) is 24.5 Å². The van der Waals surface area contributed by atoms with Crippen LogP contribution in [0.25, 0.3) is 0 Å². The monoisotopic (exact) mass is 451 g/mol. The summed E-state index contributed by atoms with van der Waals surface area (Å²) in [5.41, 5.74) is 1.58. The van der Waals surface area contributed by atoms with Gasteiger partial charge in [0.2, 0.25) is 5.91 Å².